The highest BCUT2D eigenvalue weighted by atomic mass is 16.5. The van der Waals surface area contributed by atoms with Crippen molar-refractivity contribution in [2.24, 2.45) is 0 Å². The fourth-order valence-corrected chi connectivity index (χ4v) is 1.99. The molecule has 0 atom stereocenters. The maximum Gasteiger partial charge on any atom is 0.238 e. The highest BCUT2D eigenvalue weighted by Crippen LogP contribution is 2.17. The zero-order valence-corrected chi connectivity index (χ0v) is 14.0. The Balaban J connectivity index is 1.83. The summed E-state index contributed by atoms with van der Waals surface area (Å²) in [7, 11) is 1.94. The van der Waals surface area contributed by atoms with Gasteiger partial charge in [0.15, 0.2) is 0 Å². The molecule has 0 bridgehead atoms. The average Bonchev–Trinajstić information content (AvgIpc) is 2.55. The first-order valence-corrected chi connectivity index (χ1v) is 7.81. The Morgan fingerprint density at radius 1 is 1.09 bits per heavy atom. The van der Waals surface area contributed by atoms with Crippen LogP contribution in [0.2, 0.25) is 0 Å². The van der Waals surface area contributed by atoms with Crippen molar-refractivity contribution in [1.82, 2.24) is 4.90 Å². The van der Waals surface area contributed by atoms with Crippen LogP contribution in [0.15, 0.2) is 54.6 Å². The number of nitrogens with one attached hydrogen (secondary N) is 1. The van der Waals surface area contributed by atoms with E-state index >= 15 is 0 Å². The summed E-state index contributed by atoms with van der Waals surface area (Å²) in [6.07, 6.45) is 0. The monoisotopic (exact) mass is 312 g/mol. The van der Waals surface area contributed by atoms with Crippen molar-refractivity contribution in [2.75, 3.05) is 18.9 Å². The van der Waals surface area contributed by atoms with Gasteiger partial charge in [-0.3, -0.25) is 9.69 Å². The lowest BCUT2D eigenvalue weighted by Crippen LogP contribution is -2.34. The van der Waals surface area contributed by atoms with Gasteiger partial charge in [-0.15, -0.1) is 0 Å². The Bertz CT molecular complexity index is 609. The van der Waals surface area contributed by atoms with Crippen LogP contribution in [0.5, 0.6) is 5.75 Å². The van der Waals surface area contributed by atoms with Gasteiger partial charge >= 0.3 is 0 Å². The van der Waals surface area contributed by atoms with Crippen molar-refractivity contribution >= 4 is 11.6 Å². The molecule has 0 aliphatic heterocycles. The number of hydrogen-bond donors (Lipinski definition) is 1. The fourth-order valence-electron chi connectivity index (χ4n) is 1.99. The summed E-state index contributed by atoms with van der Waals surface area (Å²) in [5.41, 5.74) is 1.90. The number of ether oxygens (including phenoxy) is 1. The molecule has 23 heavy (non-hydrogen) atoms. The number of carbonyl (C=O) groups is 1. The Morgan fingerprint density at radius 2 is 1.74 bits per heavy atom. The molecule has 4 heteroatoms. The summed E-state index contributed by atoms with van der Waals surface area (Å²) >= 11 is 0. The van der Waals surface area contributed by atoms with Gasteiger partial charge in [0, 0.05) is 11.7 Å². The lowest BCUT2D eigenvalue weighted by atomic mass is 10.2. The molecule has 2 rings (SSSR count). The minimum absolute atomic E-state index is 0.0147. The SMILES string of the molecule is CC(C)N(C)CC(=O)Nc1ccc(OCc2ccccc2)cc1. The van der Waals surface area contributed by atoms with Gasteiger partial charge in [-0.25, -0.2) is 0 Å². The summed E-state index contributed by atoms with van der Waals surface area (Å²) in [6, 6.07) is 17.8. The van der Waals surface area contributed by atoms with E-state index in [0.29, 0.717) is 19.2 Å². The molecular formula is C19H24N2O2. The van der Waals surface area contributed by atoms with E-state index in [9.17, 15) is 4.79 Å². The topological polar surface area (TPSA) is 41.6 Å². The second-order valence-electron chi connectivity index (χ2n) is 5.86. The normalized spacial score (nSPS) is 10.8. The number of nitrogens with zero attached hydrogens (tertiary/aromatic N) is 1. The van der Waals surface area contributed by atoms with Gasteiger partial charge in [0.25, 0.3) is 0 Å². The molecule has 122 valence electrons. The van der Waals surface area contributed by atoms with Crippen molar-refractivity contribution in [3.05, 3.63) is 60.2 Å². The minimum Gasteiger partial charge on any atom is -0.489 e. The van der Waals surface area contributed by atoms with Crippen LogP contribution in [0.1, 0.15) is 19.4 Å². The van der Waals surface area contributed by atoms with Crippen molar-refractivity contribution in [3.63, 3.8) is 0 Å². The van der Waals surface area contributed by atoms with Gasteiger partial charge < -0.3 is 10.1 Å². The average molecular weight is 312 g/mol. The maximum atomic E-state index is 11.9. The zero-order valence-electron chi connectivity index (χ0n) is 14.0. The first kappa shape index (κ1) is 17.0. The van der Waals surface area contributed by atoms with Crippen molar-refractivity contribution < 1.29 is 9.53 Å². The molecule has 0 fully saturated rings. The van der Waals surface area contributed by atoms with Gasteiger partial charge in [0.1, 0.15) is 12.4 Å². The van der Waals surface area contributed by atoms with Gasteiger partial charge in [0.2, 0.25) is 5.91 Å². The molecule has 0 unspecified atom stereocenters. The molecule has 1 amide bonds. The summed E-state index contributed by atoms with van der Waals surface area (Å²) in [5, 5.41) is 2.89. The lowest BCUT2D eigenvalue weighted by Gasteiger charge is -2.20. The van der Waals surface area contributed by atoms with Crippen molar-refractivity contribution in [2.45, 2.75) is 26.5 Å². The molecular weight excluding hydrogens is 288 g/mol. The Labute approximate surface area is 138 Å². The molecule has 0 radical (unpaired) electrons. The predicted octanol–water partition coefficient (Wildman–Crippen LogP) is 3.54. The van der Waals surface area contributed by atoms with E-state index in [0.717, 1.165) is 17.0 Å². The smallest absolute Gasteiger partial charge is 0.238 e. The molecule has 0 heterocycles. The van der Waals surface area contributed by atoms with E-state index in [-0.39, 0.29) is 5.91 Å². The second-order valence-corrected chi connectivity index (χ2v) is 5.86. The number of benzene rings is 2. The number of amides is 1. The number of carbonyl (C=O) groups excluding carboxylic acids is 1. The Morgan fingerprint density at radius 3 is 2.35 bits per heavy atom. The third-order valence-corrected chi connectivity index (χ3v) is 3.66. The molecule has 2 aromatic rings. The maximum absolute atomic E-state index is 11.9. The van der Waals surface area contributed by atoms with E-state index in [1.54, 1.807) is 0 Å². The summed E-state index contributed by atoms with van der Waals surface area (Å²) in [6.45, 7) is 5.04. The molecule has 0 saturated carbocycles. The highest BCUT2D eigenvalue weighted by Gasteiger charge is 2.09. The third-order valence-electron chi connectivity index (χ3n) is 3.66. The van der Waals surface area contributed by atoms with Gasteiger partial charge in [-0.2, -0.15) is 0 Å². The van der Waals surface area contributed by atoms with Gasteiger partial charge in [-0.1, -0.05) is 30.3 Å². The van der Waals surface area contributed by atoms with E-state index in [2.05, 4.69) is 19.2 Å². The van der Waals surface area contributed by atoms with Gasteiger partial charge in [-0.05, 0) is 50.7 Å². The Kier molecular flexibility index (Phi) is 6.18. The first-order chi connectivity index (χ1) is 11.0. The Hall–Kier alpha value is -2.33. The number of hydrogen-bond acceptors (Lipinski definition) is 3. The molecule has 4 nitrogen and oxygen atoms in total. The van der Waals surface area contributed by atoms with E-state index in [4.69, 9.17) is 4.74 Å². The minimum atomic E-state index is -0.0147. The van der Waals surface area contributed by atoms with E-state index in [1.807, 2.05) is 66.5 Å². The van der Waals surface area contributed by atoms with Crippen LogP contribution >= 0.6 is 0 Å². The lowest BCUT2D eigenvalue weighted by molar-refractivity contribution is -0.117. The standard InChI is InChI=1S/C19H24N2O2/c1-15(2)21(3)13-19(22)20-17-9-11-18(12-10-17)23-14-16-7-5-4-6-8-16/h4-12,15H,13-14H2,1-3H3,(H,20,22). The van der Waals surface area contributed by atoms with Crippen LogP contribution < -0.4 is 10.1 Å². The molecule has 0 aromatic heterocycles. The quantitative estimate of drug-likeness (QED) is 0.850. The molecule has 2 aromatic carbocycles. The third kappa shape index (κ3) is 5.75. The van der Waals surface area contributed by atoms with Gasteiger partial charge in [0.05, 0.1) is 6.54 Å². The second kappa shape index (κ2) is 8.34. The first-order valence-electron chi connectivity index (χ1n) is 7.81. The zero-order chi connectivity index (χ0) is 16.7. The predicted molar refractivity (Wildman–Crippen MR) is 93.6 cm³/mol. The number of rotatable bonds is 7. The molecule has 0 spiro atoms. The highest BCUT2D eigenvalue weighted by molar-refractivity contribution is 5.92. The summed E-state index contributed by atoms with van der Waals surface area (Å²) < 4.78 is 5.73. The van der Waals surface area contributed by atoms with E-state index in [1.165, 1.54) is 0 Å². The van der Waals surface area contributed by atoms with E-state index < -0.39 is 0 Å². The number of anilines is 1. The number of likely N-dealkylation sites (N-methyl/N-ethyl adjacent to an activating group) is 1. The van der Waals surface area contributed by atoms with Crippen LogP contribution in [-0.4, -0.2) is 30.4 Å². The van der Waals surface area contributed by atoms with Crippen LogP contribution in [0.25, 0.3) is 0 Å². The fraction of sp³-hybridized carbons (Fsp3) is 0.316. The molecule has 0 aliphatic carbocycles. The summed E-state index contributed by atoms with van der Waals surface area (Å²) in [4.78, 5) is 13.9. The van der Waals surface area contributed by atoms with Crippen molar-refractivity contribution in [3.8, 4) is 5.75 Å². The molecule has 1 N–H and O–H groups in total. The van der Waals surface area contributed by atoms with Crippen molar-refractivity contribution in [1.29, 1.82) is 0 Å². The van der Waals surface area contributed by atoms with Crippen LogP contribution in [0, 0.1) is 0 Å². The van der Waals surface area contributed by atoms with Crippen LogP contribution in [-0.2, 0) is 11.4 Å². The molecule has 0 aliphatic rings. The largest absolute Gasteiger partial charge is 0.489 e. The molecule has 0 saturated heterocycles. The van der Waals surface area contributed by atoms with Crippen LogP contribution in [0.3, 0.4) is 0 Å². The van der Waals surface area contributed by atoms with Crippen LogP contribution in [0.4, 0.5) is 5.69 Å². The summed E-state index contributed by atoms with van der Waals surface area (Å²) in [5.74, 6) is 0.769.